The molecular weight excluding hydrogens is 460 g/mol. The quantitative estimate of drug-likeness (QED) is 0.421. The van der Waals surface area contributed by atoms with Gasteiger partial charge in [0, 0.05) is 22.8 Å². The lowest BCUT2D eigenvalue weighted by molar-refractivity contribution is -0.126. The minimum absolute atomic E-state index is 0.202. The Kier molecular flexibility index (Phi) is 5.91. The van der Waals surface area contributed by atoms with Crippen LogP contribution in [-0.4, -0.2) is 27.1 Å². The van der Waals surface area contributed by atoms with E-state index in [1.165, 1.54) is 0 Å². The Balaban J connectivity index is 1.58. The van der Waals surface area contributed by atoms with E-state index >= 15 is 0 Å². The molecule has 0 saturated carbocycles. The number of carbonyl (C=O) groups excluding carboxylic acids is 2. The van der Waals surface area contributed by atoms with Gasteiger partial charge in [-0.2, -0.15) is 5.10 Å². The minimum Gasteiger partial charge on any atom is -0.350 e. The molecule has 6 nitrogen and oxygen atoms in total. The Morgan fingerprint density at radius 2 is 1.71 bits per heavy atom. The van der Waals surface area contributed by atoms with E-state index in [-0.39, 0.29) is 18.4 Å². The van der Waals surface area contributed by atoms with E-state index in [4.69, 9.17) is 16.7 Å². The molecule has 1 aromatic heterocycles. The molecule has 0 unspecified atom stereocenters. The smallest absolute Gasteiger partial charge is 0.277 e. The molecule has 0 bridgehead atoms. The first-order valence-electron chi connectivity index (χ1n) is 11.4. The van der Waals surface area contributed by atoms with Crippen LogP contribution in [0.15, 0.2) is 84.9 Å². The average Bonchev–Trinajstić information content (AvgIpc) is 3.30. The van der Waals surface area contributed by atoms with Crippen molar-refractivity contribution >= 4 is 29.1 Å². The third-order valence-corrected chi connectivity index (χ3v) is 6.90. The van der Waals surface area contributed by atoms with E-state index in [9.17, 15) is 9.59 Å². The molecule has 5 rings (SSSR count). The van der Waals surface area contributed by atoms with E-state index in [2.05, 4.69) is 5.32 Å². The van der Waals surface area contributed by atoms with E-state index in [1.54, 1.807) is 34.7 Å². The Morgan fingerprint density at radius 1 is 1.03 bits per heavy atom. The van der Waals surface area contributed by atoms with Crippen molar-refractivity contribution in [2.75, 3.05) is 4.90 Å². The van der Waals surface area contributed by atoms with Crippen LogP contribution in [0.2, 0.25) is 5.02 Å². The number of nitrogens with zero attached hydrogens (tertiary/aromatic N) is 3. The van der Waals surface area contributed by atoms with Crippen molar-refractivity contribution in [1.82, 2.24) is 15.1 Å². The van der Waals surface area contributed by atoms with Crippen LogP contribution >= 0.6 is 11.6 Å². The Labute approximate surface area is 209 Å². The fourth-order valence-electron chi connectivity index (χ4n) is 4.52. The lowest BCUT2D eigenvalue weighted by Gasteiger charge is -2.43. The van der Waals surface area contributed by atoms with E-state index in [0.29, 0.717) is 28.6 Å². The molecule has 1 atom stereocenters. The third kappa shape index (κ3) is 4.10. The van der Waals surface area contributed by atoms with Crippen molar-refractivity contribution in [2.24, 2.45) is 0 Å². The number of hydrogen-bond acceptors (Lipinski definition) is 3. The van der Waals surface area contributed by atoms with Crippen LogP contribution in [-0.2, 0) is 17.9 Å². The highest BCUT2D eigenvalue weighted by molar-refractivity contribution is 6.32. The second-order valence-electron chi connectivity index (χ2n) is 8.91. The van der Waals surface area contributed by atoms with E-state index in [1.807, 2.05) is 73.7 Å². The number of amides is 2. The number of halogens is 1. The lowest BCUT2D eigenvalue weighted by Crippen LogP contribution is -2.64. The van der Waals surface area contributed by atoms with Crippen molar-refractivity contribution in [1.29, 1.82) is 0 Å². The molecule has 0 aliphatic carbocycles. The van der Waals surface area contributed by atoms with Gasteiger partial charge in [-0.15, -0.1) is 0 Å². The summed E-state index contributed by atoms with van der Waals surface area (Å²) in [4.78, 5) is 29.3. The number of carbonyl (C=O) groups is 2. The number of hydrogen-bond donors (Lipinski definition) is 1. The van der Waals surface area contributed by atoms with Gasteiger partial charge in [0.2, 0.25) is 5.91 Å². The molecule has 2 amide bonds. The molecule has 1 aliphatic heterocycles. The van der Waals surface area contributed by atoms with Crippen molar-refractivity contribution < 1.29 is 9.59 Å². The van der Waals surface area contributed by atoms with Crippen LogP contribution in [0.25, 0.3) is 11.3 Å². The summed E-state index contributed by atoms with van der Waals surface area (Å²) >= 11 is 6.42. The molecule has 1 aliphatic rings. The maximum atomic E-state index is 14.0. The highest BCUT2D eigenvalue weighted by Gasteiger charge is 2.49. The molecule has 0 fully saturated rings. The molecule has 0 saturated heterocycles. The molecule has 4 aromatic rings. The SMILES string of the molecule is Cc1c(Cl)cccc1N1C(=O)c2cc(-c3ccccc3)nn2C[C@]1(C)C(=O)NCc1ccccc1. The first kappa shape index (κ1) is 22.9. The predicted molar refractivity (Wildman–Crippen MR) is 137 cm³/mol. The third-order valence-electron chi connectivity index (χ3n) is 6.49. The lowest BCUT2D eigenvalue weighted by atomic mass is 9.93. The van der Waals surface area contributed by atoms with Crippen LogP contribution in [0.1, 0.15) is 28.5 Å². The van der Waals surface area contributed by atoms with Gasteiger partial charge in [0.1, 0.15) is 11.2 Å². The zero-order valence-corrected chi connectivity index (χ0v) is 20.3. The van der Waals surface area contributed by atoms with E-state index < -0.39 is 5.54 Å². The molecule has 1 N–H and O–H groups in total. The molecule has 0 radical (unpaired) electrons. The summed E-state index contributed by atoms with van der Waals surface area (Å²) in [6.07, 6.45) is 0. The molecular formula is C28H25ClN4O2. The summed E-state index contributed by atoms with van der Waals surface area (Å²) in [7, 11) is 0. The number of fused-ring (bicyclic) bond motifs is 1. The minimum atomic E-state index is -1.23. The molecule has 3 aromatic carbocycles. The van der Waals surface area contributed by atoms with Gasteiger partial charge in [-0.25, -0.2) is 0 Å². The fraction of sp³-hybridized carbons (Fsp3) is 0.179. The Bertz CT molecular complexity index is 1400. The van der Waals surface area contributed by atoms with E-state index in [0.717, 1.165) is 16.7 Å². The van der Waals surface area contributed by atoms with Gasteiger partial charge < -0.3 is 5.32 Å². The predicted octanol–water partition coefficient (Wildman–Crippen LogP) is 5.25. The zero-order valence-electron chi connectivity index (χ0n) is 19.5. The van der Waals surface area contributed by atoms with Gasteiger partial charge in [-0.05, 0) is 43.2 Å². The molecule has 2 heterocycles. The van der Waals surface area contributed by atoms with Crippen molar-refractivity contribution in [3.63, 3.8) is 0 Å². The summed E-state index contributed by atoms with van der Waals surface area (Å²) in [6, 6.07) is 26.5. The summed E-state index contributed by atoms with van der Waals surface area (Å²) in [5.41, 5.74) is 3.11. The van der Waals surface area contributed by atoms with Crippen LogP contribution < -0.4 is 10.2 Å². The van der Waals surface area contributed by atoms with Crippen molar-refractivity contribution in [2.45, 2.75) is 32.5 Å². The van der Waals surface area contributed by atoms with Gasteiger partial charge in [0.05, 0.1) is 12.2 Å². The van der Waals surface area contributed by atoms with Crippen LogP contribution in [0.4, 0.5) is 5.69 Å². The number of benzene rings is 3. The summed E-state index contributed by atoms with van der Waals surface area (Å²) in [5, 5.41) is 8.26. The van der Waals surface area contributed by atoms with Gasteiger partial charge in [0.25, 0.3) is 5.91 Å². The summed E-state index contributed by atoms with van der Waals surface area (Å²) in [6.45, 7) is 4.19. The summed E-state index contributed by atoms with van der Waals surface area (Å²) in [5.74, 6) is -0.565. The summed E-state index contributed by atoms with van der Waals surface area (Å²) < 4.78 is 1.64. The standard InChI is InChI=1S/C28H25ClN4O2/c1-19-22(29)14-9-15-24(19)33-26(34)25-16-23(21-12-7-4-8-13-21)31-32(25)18-28(33,2)27(35)30-17-20-10-5-3-6-11-20/h3-16H,17-18H2,1-2H3,(H,30,35)/t28-/m1/s1. The zero-order chi connectivity index (χ0) is 24.6. The second kappa shape index (κ2) is 9.04. The van der Waals surface area contributed by atoms with Crippen molar-refractivity contribution in [3.05, 3.63) is 107 Å². The molecule has 176 valence electrons. The topological polar surface area (TPSA) is 67.2 Å². The monoisotopic (exact) mass is 484 g/mol. The normalized spacial score (nSPS) is 17.2. The Hall–Kier alpha value is -3.90. The highest BCUT2D eigenvalue weighted by atomic mass is 35.5. The largest absolute Gasteiger partial charge is 0.350 e. The number of aromatic nitrogens is 2. The van der Waals surface area contributed by atoms with Crippen LogP contribution in [0.5, 0.6) is 0 Å². The first-order valence-corrected chi connectivity index (χ1v) is 11.8. The van der Waals surface area contributed by atoms with Gasteiger partial charge in [-0.3, -0.25) is 19.2 Å². The van der Waals surface area contributed by atoms with Crippen molar-refractivity contribution in [3.8, 4) is 11.3 Å². The van der Waals surface area contributed by atoms with Gasteiger partial charge in [-0.1, -0.05) is 78.3 Å². The average molecular weight is 485 g/mol. The number of rotatable bonds is 5. The van der Waals surface area contributed by atoms with Crippen LogP contribution in [0, 0.1) is 6.92 Å². The molecule has 7 heteroatoms. The number of nitrogens with one attached hydrogen (secondary N) is 1. The first-order chi connectivity index (χ1) is 16.9. The fourth-order valence-corrected chi connectivity index (χ4v) is 4.69. The van der Waals surface area contributed by atoms with Gasteiger partial charge >= 0.3 is 0 Å². The Morgan fingerprint density at radius 3 is 2.43 bits per heavy atom. The van der Waals surface area contributed by atoms with Gasteiger partial charge in [0.15, 0.2) is 0 Å². The maximum absolute atomic E-state index is 14.0. The van der Waals surface area contributed by atoms with Crippen LogP contribution in [0.3, 0.4) is 0 Å². The highest BCUT2D eigenvalue weighted by Crippen LogP contribution is 2.37. The number of anilines is 1. The molecule has 35 heavy (non-hydrogen) atoms. The second-order valence-corrected chi connectivity index (χ2v) is 9.31. The molecule has 0 spiro atoms. The maximum Gasteiger partial charge on any atom is 0.277 e.